The van der Waals surface area contributed by atoms with Crippen molar-refractivity contribution in [2.45, 2.75) is 0 Å². The van der Waals surface area contributed by atoms with E-state index in [1.807, 2.05) is 0 Å². The van der Waals surface area contributed by atoms with E-state index in [9.17, 15) is 9.18 Å². The minimum atomic E-state index is -0.607. The lowest BCUT2D eigenvalue weighted by Crippen LogP contribution is -2.26. The Morgan fingerprint density at radius 1 is 1.69 bits per heavy atom. The van der Waals surface area contributed by atoms with E-state index in [0.29, 0.717) is 0 Å². The highest BCUT2D eigenvalue weighted by molar-refractivity contribution is 5.93. The molecule has 0 spiro atoms. The van der Waals surface area contributed by atoms with E-state index in [2.05, 4.69) is 9.82 Å². The molecule has 5 heteroatoms. The van der Waals surface area contributed by atoms with Crippen LogP contribution >= 0.6 is 0 Å². The first kappa shape index (κ1) is 9.60. The van der Waals surface area contributed by atoms with Gasteiger partial charge in [-0.05, 0) is 6.07 Å². The standard InChI is InChI=1S/C8H9FN2O2/c1-11(13-2)8(12)6-5-10-4-3-7(6)9/h3-5H,1-2H3. The molecule has 1 heterocycles. The summed E-state index contributed by atoms with van der Waals surface area (Å²) in [5.41, 5.74) is -0.105. The monoisotopic (exact) mass is 184 g/mol. The molecule has 0 N–H and O–H groups in total. The number of hydrogen-bond acceptors (Lipinski definition) is 3. The predicted molar refractivity (Wildman–Crippen MR) is 43.3 cm³/mol. The number of hydrogen-bond donors (Lipinski definition) is 0. The number of pyridine rings is 1. The van der Waals surface area contributed by atoms with Gasteiger partial charge in [-0.2, -0.15) is 0 Å². The highest BCUT2D eigenvalue weighted by Gasteiger charge is 2.15. The Labute approximate surface area is 74.9 Å². The van der Waals surface area contributed by atoms with E-state index in [4.69, 9.17) is 0 Å². The van der Waals surface area contributed by atoms with Crippen molar-refractivity contribution in [3.8, 4) is 0 Å². The van der Waals surface area contributed by atoms with Gasteiger partial charge in [0, 0.05) is 19.4 Å². The van der Waals surface area contributed by atoms with Gasteiger partial charge in [-0.1, -0.05) is 0 Å². The van der Waals surface area contributed by atoms with Gasteiger partial charge in [0.05, 0.1) is 12.7 Å². The first-order chi connectivity index (χ1) is 6.16. The van der Waals surface area contributed by atoms with Crippen molar-refractivity contribution in [1.82, 2.24) is 10.0 Å². The molecule has 70 valence electrons. The van der Waals surface area contributed by atoms with Crippen molar-refractivity contribution in [3.63, 3.8) is 0 Å². The van der Waals surface area contributed by atoms with Crippen molar-refractivity contribution >= 4 is 5.91 Å². The molecule has 0 saturated heterocycles. The maximum Gasteiger partial charge on any atom is 0.281 e. The number of aromatic nitrogens is 1. The Balaban J connectivity index is 2.95. The van der Waals surface area contributed by atoms with Gasteiger partial charge in [0.25, 0.3) is 5.91 Å². The van der Waals surface area contributed by atoms with Gasteiger partial charge in [-0.3, -0.25) is 14.6 Å². The quantitative estimate of drug-likeness (QED) is 0.640. The number of hydroxylamine groups is 2. The van der Waals surface area contributed by atoms with Crippen LogP contribution in [0.15, 0.2) is 18.5 Å². The third kappa shape index (κ3) is 2.00. The van der Waals surface area contributed by atoms with E-state index >= 15 is 0 Å². The van der Waals surface area contributed by atoms with Crippen LogP contribution in [0.1, 0.15) is 10.4 Å². The van der Waals surface area contributed by atoms with Crippen LogP contribution in [0, 0.1) is 5.82 Å². The van der Waals surface area contributed by atoms with Crippen LogP contribution in [-0.4, -0.2) is 30.1 Å². The summed E-state index contributed by atoms with van der Waals surface area (Å²) in [7, 11) is 2.72. The SMILES string of the molecule is CON(C)C(=O)c1cnccc1F. The second-order valence-electron chi connectivity index (χ2n) is 2.34. The third-order valence-corrected chi connectivity index (χ3v) is 1.56. The maximum absolute atomic E-state index is 13.0. The molecule has 1 amide bonds. The van der Waals surface area contributed by atoms with Gasteiger partial charge in [-0.15, -0.1) is 0 Å². The Bertz CT molecular complexity index is 317. The van der Waals surface area contributed by atoms with Gasteiger partial charge >= 0.3 is 0 Å². The summed E-state index contributed by atoms with van der Waals surface area (Å²) in [6, 6.07) is 1.12. The summed E-state index contributed by atoms with van der Waals surface area (Å²) in [5.74, 6) is -1.17. The van der Waals surface area contributed by atoms with Crippen molar-refractivity contribution < 1.29 is 14.0 Å². The second-order valence-corrected chi connectivity index (χ2v) is 2.34. The molecule has 0 radical (unpaired) electrons. The van der Waals surface area contributed by atoms with Crippen LogP contribution in [0.5, 0.6) is 0 Å². The van der Waals surface area contributed by atoms with Gasteiger partial charge < -0.3 is 0 Å². The summed E-state index contributed by atoms with van der Waals surface area (Å²) >= 11 is 0. The highest BCUT2D eigenvalue weighted by atomic mass is 19.1. The molecule has 13 heavy (non-hydrogen) atoms. The van der Waals surface area contributed by atoms with E-state index < -0.39 is 11.7 Å². The molecule has 0 aliphatic rings. The van der Waals surface area contributed by atoms with Crippen LogP contribution in [0.25, 0.3) is 0 Å². The molecule has 0 unspecified atom stereocenters. The topological polar surface area (TPSA) is 42.4 Å². The maximum atomic E-state index is 13.0. The highest BCUT2D eigenvalue weighted by Crippen LogP contribution is 2.06. The first-order valence-corrected chi connectivity index (χ1v) is 3.58. The summed E-state index contributed by atoms with van der Waals surface area (Å²) in [5, 5.41) is 0.931. The minimum absolute atomic E-state index is 0.105. The fourth-order valence-corrected chi connectivity index (χ4v) is 0.787. The van der Waals surface area contributed by atoms with Crippen LogP contribution in [0.4, 0.5) is 4.39 Å². The lowest BCUT2D eigenvalue weighted by molar-refractivity contribution is -0.0759. The summed E-state index contributed by atoms with van der Waals surface area (Å²) in [6.45, 7) is 0. The van der Waals surface area contributed by atoms with E-state index in [1.165, 1.54) is 20.4 Å². The van der Waals surface area contributed by atoms with Crippen LogP contribution in [0.3, 0.4) is 0 Å². The molecular formula is C8H9FN2O2. The molecule has 4 nitrogen and oxygen atoms in total. The van der Waals surface area contributed by atoms with Crippen molar-refractivity contribution in [1.29, 1.82) is 0 Å². The molecule has 0 saturated carbocycles. The van der Waals surface area contributed by atoms with E-state index in [1.54, 1.807) is 0 Å². The predicted octanol–water partition coefficient (Wildman–Crippen LogP) is 0.854. The Hall–Kier alpha value is -1.49. The summed E-state index contributed by atoms with van der Waals surface area (Å²) in [6.07, 6.45) is 2.44. The molecule has 0 aromatic carbocycles. The van der Waals surface area contributed by atoms with Crippen LogP contribution in [0.2, 0.25) is 0 Å². The summed E-state index contributed by atoms with van der Waals surface area (Å²) in [4.78, 5) is 19.6. The lowest BCUT2D eigenvalue weighted by Gasteiger charge is -2.13. The zero-order valence-corrected chi connectivity index (χ0v) is 7.32. The fourth-order valence-electron chi connectivity index (χ4n) is 0.787. The van der Waals surface area contributed by atoms with Crippen molar-refractivity contribution in [2.24, 2.45) is 0 Å². The number of carbonyl (C=O) groups excluding carboxylic acids is 1. The summed E-state index contributed by atoms with van der Waals surface area (Å²) < 4.78 is 13.0. The third-order valence-electron chi connectivity index (χ3n) is 1.56. The van der Waals surface area contributed by atoms with Crippen LogP contribution in [-0.2, 0) is 4.84 Å². The molecule has 0 atom stereocenters. The van der Waals surface area contributed by atoms with Crippen molar-refractivity contribution in [2.75, 3.05) is 14.2 Å². The van der Waals surface area contributed by atoms with Gasteiger partial charge in [-0.25, -0.2) is 9.45 Å². The Kier molecular flexibility index (Phi) is 2.92. The molecule has 1 aromatic heterocycles. The number of nitrogens with zero attached hydrogens (tertiary/aromatic N) is 2. The van der Waals surface area contributed by atoms with Crippen molar-refractivity contribution in [3.05, 3.63) is 29.8 Å². The molecule has 1 aromatic rings. The molecule has 0 aliphatic carbocycles. The van der Waals surface area contributed by atoms with Gasteiger partial charge in [0.2, 0.25) is 0 Å². The Morgan fingerprint density at radius 2 is 2.38 bits per heavy atom. The molecule has 1 rings (SSSR count). The second kappa shape index (κ2) is 3.95. The number of carbonyl (C=O) groups is 1. The minimum Gasteiger partial charge on any atom is -0.274 e. The molecular weight excluding hydrogens is 175 g/mol. The van der Waals surface area contributed by atoms with E-state index in [0.717, 1.165) is 17.3 Å². The number of halogens is 1. The number of rotatable bonds is 2. The first-order valence-electron chi connectivity index (χ1n) is 3.58. The van der Waals surface area contributed by atoms with Gasteiger partial charge in [0.15, 0.2) is 0 Å². The zero-order valence-electron chi connectivity index (χ0n) is 7.32. The van der Waals surface area contributed by atoms with Crippen LogP contribution < -0.4 is 0 Å². The largest absolute Gasteiger partial charge is 0.281 e. The average molecular weight is 184 g/mol. The van der Waals surface area contributed by atoms with E-state index in [-0.39, 0.29) is 5.56 Å². The fraction of sp³-hybridized carbons (Fsp3) is 0.250. The smallest absolute Gasteiger partial charge is 0.274 e. The molecule has 0 bridgehead atoms. The average Bonchev–Trinajstić information content (AvgIpc) is 2.16. The zero-order chi connectivity index (χ0) is 9.84. The molecule has 0 aliphatic heterocycles. The van der Waals surface area contributed by atoms with Gasteiger partial charge in [0.1, 0.15) is 5.82 Å². The lowest BCUT2D eigenvalue weighted by atomic mass is 10.2. The normalized spacial score (nSPS) is 9.77. The Morgan fingerprint density at radius 3 is 2.92 bits per heavy atom. The molecule has 0 fully saturated rings. The number of amides is 1.